The van der Waals surface area contributed by atoms with Crippen molar-refractivity contribution in [2.24, 2.45) is 0 Å². The van der Waals surface area contributed by atoms with Crippen LogP contribution < -0.4 is 4.74 Å². The summed E-state index contributed by atoms with van der Waals surface area (Å²) in [6, 6.07) is 18.4. The number of hydrogen-bond acceptors (Lipinski definition) is 1. The molecule has 0 fully saturated rings. The van der Waals surface area contributed by atoms with Gasteiger partial charge in [-0.3, -0.25) is 0 Å². The summed E-state index contributed by atoms with van der Waals surface area (Å²) in [5, 5.41) is 0. The van der Waals surface area contributed by atoms with Crippen molar-refractivity contribution in [3.05, 3.63) is 60.2 Å². The highest BCUT2D eigenvalue weighted by molar-refractivity contribution is 5.32. The molecule has 69 valence electrons. The molecule has 1 radical (unpaired) electrons. The molecular weight excluding hydrogens is 172 g/mol. The molecule has 0 heterocycles. The van der Waals surface area contributed by atoms with Crippen LogP contribution in [-0.4, -0.2) is 0 Å². The van der Waals surface area contributed by atoms with Crippen molar-refractivity contribution >= 4 is 0 Å². The molecule has 0 aliphatic carbocycles. The molecule has 0 saturated carbocycles. The fourth-order valence-electron chi connectivity index (χ4n) is 1.18. The van der Waals surface area contributed by atoms with Gasteiger partial charge < -0.3 is 4.74 Å². The first kappa shape index (κ1) is 8.82. The van der Waals surface area contributed by atoms with E-state index in [1.807, 2.05) is 48.5 Å². The summed E-state index contributed by atoms with van der Waals surface area (Å²) >= 11 is 0. The third-order valence-corrected chi connectivity index (χ3v) is 1.94. The first-order valence-corrected chi connectivity index (χ1v) is 4.55. The van der Waals surface area contributed by atoms with E-state index >= 15 is 0 Å². The summed E-state index contributed by atoms with van der Waals surface area (Å²) in [6.07, 6.45) is 0. The van der Waals surface area contributed by atoms with Gasteiger partial charge in [0.1, 0.15) is 11.5 Å². The Bertz CT molecular complexity index is 389. The van der Waals surface area contributed by atoms with Crippen LogP contribution in [0.5, 0.6) is 11.5 Å². The summed E-state index contributed by atoms with van der Waals surface area (Å²) < 4.78 is 5.60. The first-order chi connectivity index (χ1) is 6.84. The van der Waals surface area contributed by atoms with Gasteiger partial charge in [0.2, 0.25) is 0 Å². The molecule has 2 aromatic rings. The van der Waals surface area contributed by atoms with Gasteiger partial charge in [0.25, 0.3) is 0 Å². The molecule has 1 heteroatoms. The molecule has 0 saturated heterocycles. The van der Waals surface area contributed by atoms with Gasteiger partial charge in [0.15, 0.2) is 0 Å². The molecule has 14 heavy (non-hydrogen) atoms. The Hall–Kier alpha value is -1.76. The summed E-state index contributed by atoms with van der Waals surface area (Å²) in [6.45, 7) is 2.06. The lowest BCUT2D eigenvalue weighted by Gasteiger charge is -2.04. The predicted molar refractivity (Wildman–Crippen MR) is 56.5 cm³/mol. The average Bonchev–Trinajstić information content (AvgIpc) is 2.23. The molecular formula is C13H11O. The van der Waals surface area contributed by atoms with Gasteiger partial charge in [-0.25, -0.2) is 0 Å². The van der Waals surface area contributed by atoms with Crippen molar-refractivity contribution in [3.8, 4) is 11.5 Å². The zero-order chi connectivity index (χ0) is 9.80. The zero-order valence-electron chi connectivity index (χ0n) is 8.03. The second-order valence-corrected chi connectivity index (χ2v) is 3.15. The predicted octanol–water partition coefficient (Wildman–Crippen LogP) is 3.59. The Labute approximate surface area is 84.0 Å². The van der Waals surface area contributed by atoms with Gasteiger partial charge in [-0.05, 0) is 37.3 Å². The second-order valence-electron chi connectivity index (χ2n) is 3.15. The van der Waals surface area contributed by atoms with Crippen LogP contribution in [0.1, 0.15) is 5.56 Å². The van der Waals surface area contributed by atoms with E-state index in [4.69, 9.17) is 4.74 Å². The molecule has 0 spiro atoms. The lowest BCUT2D eigenvalue weighted by atomic mass is 10.2. The van der Waals surface area contributed by atoms with E-state index in [1.54, 1.807) is 0 Å². The summed E-state index contributed by atoms with van der Waals surface area (Å²) in [5.41, 5.74) is 1.23. The Morgan fingerprint density at radius 1 is 1.00 bits per heavy atom. The van der Waals surface area contributed by atoms with E-state index in [1.165, 1.54) is 5.56 Å². The van der Waals surface area contributed by atoms with Gasteiger partial charge in [0.05, 0.1) is 0 Å². The first-order valence-electron chi connectivity index (χ1n) is 4.55. The van der Waals surface area contributed by atoms with Crippen LogP contribution in [0.2, 0.25) is 0 Å². The van der Waals surface area contributed by atoms with E-state index in [0.29, 0.717) is 0 Å². The van der Waals surface area contributed by atoms with Crippen LogP contribution in [0.3, 0.4) is 0 Å². The van der Waals surface area contributed by atoms with Crippen LogP contribution in [0, 0.1) is 13.0 Å². The largest absolute Gasteiger partial charge is 0.457 e. The standard InChI is InChI=1S/C13H11O/c1-11-7-9-13(10-8-11)14-12-5-3-2-4-6-12/h2-3,5-10H,1H3. The Balaban J connectivity index is 2.16. The van der Waals surface area contributed by atoms with Crippen LogP contribution >= 0.6 is 0 Å². The van der Waals surface area contributed by atoms with Crippen LogP contribution in [0.4, 0.5) is 0 Å². The number of ether oxygens (including phenoxy) is 1. The minimum absolute atomic E-state index is 0.816. The van der Waals surface area contributed by atoms with E-state index in [2.05, 4.69) is 13.0 Å². The third kappa shape index (κ3) is 2.13. The molecule has 0 N–H and O–H groups in total. The third-order valence-electron chi connectivity index (χ3n) is 1.94. The van der Waals surface area contributed by atoms with Crippen LogP contribution in [0.15, 0.2) is 48.5 Å². The van der Waals surface area contributed by atoms with E-state index in [-0.39, 0.29) is 0 Å². The number of aryl methyl sites for hydroxylation is 1. The highest BCUT2D eigenvalue weighted by Crippen LogP contribution is 2.20. The summed E-state index contributed by atoms with van der Waals surface area (Å²) in [4.78, 5) is 0. The second kappa shape index (κ2) is 3.97. The van der Waals surface area contributed by atoms with Gasteiger partial charge in [-0.2, -0.15) is 0 Å². The Morgan fingerprint density at radius 3 is 2.43 bits per heavy atom. The van der Waals surface area contributed by atoms with Crippen molar-refractivity contribution in [1.82, 2.24) is 0 Å². The molecule has 0 amide bonds. The van der Waals surface area contributed by atoms with E-state index < -0.39 is 0 Å². The molecule has 1 nitrogen and oxygen atoms in total. The highest BCUT2D eigenvalue weighted by Gasteiger charge is 1.94. The lowest BCUT2D eigenvalue weighted by Crippen LogP contribution is -1.83. The van der Waals surface area contributed by atoms with E-state index in [0.717, 1.165) is 11.5 Å². The monoisotopic (exact) mass is 183 g/mol. The minimum Gasteiger partial charge on any atom is -0.457 e. The van der Waals surface area contributed by atoms with Crippen molar-refractivity contribution in [1.29, 1.82) is 0 Å². The fraction of sp³-hybridized carbons (Fsp3) is 0.0769. The van der Waals surface area contributed by atoms with Crippen LogP contribution in [0.25, 0.3) is 0 Å². The maximum atomic E-state index is 5.60. The molecule has 0 atom stereocenters. The maximum Gasteiger partial charge on any atom is 0.128 e. The van der Waals surface area contributed by atoms with Gasteiger partial charge in [-0.1, -0.05) is 29.8 Å². The molecule has 0 aliphatic rings. The van der Waals surface area contributed by atoms with Crippen LogP contribution in [-0.2, 0) is 0 Å². The van der Waals surface area contributed by atoms with Crippen molar-refractivity contribution in [2.75, 3.05) is 0 Å². The van der Waals surface area contributed by atoms with Crippen molar-refractivity contribution in [3.63, 3.8) is 0 Å². The van der Waals surface area contributed by atoms with Crippen molar-refractivity contribution in [2.45, 2.75) is 6.92 Å². The Morgan fingerprint density at radius 2 is 1.79 bits per heavy atom. The molecule has 0 aliphatic heterocycles. The SMILES string of the molecule is Cc1ccc(Oc2c[c]ccc2)cc1. The summed E-state index contributed by atoms with van der Waals surface area (Å²) in [7, 11) is 0. The normalized spacial score (nSPS) is 9.79. The smallest absolute Gasteiger partial charge is 0.128 e. The number of rotatable bonds is 2. The topological polar surface area (TPSA) is 9.23 Å². The molecule has 0 unspecified atom stereocenters. The highest BCUT2D eigenvalue weighted by atomic mass is 16.5. The Kier molecular flexibility index (Phi) is 2.50. The quantitative estimate of drug-likeness (QED) is 0.691. The minimum atomic E-state index is 0.816. The maximum absolute atomic E-state index is 5.60. The number of benzene rings is 2. The molecule has 2 aromatic carbocycles. The van der Waals surface area contributed by atoms with E-state index in [9.17, 15) is 0 Å². The average molecular weight is 183 g/mol. The molecule has 0 bridgehead atoms. The summed E-state index contributed by atoms with van der Waals surface area (Å²) in [5.74, 6) is 1.67. The van der Waals surface area contributed by atoms with Gasteiger partial charge in [-0.15, -0.1) is 0 Å². The van der Waals surface area contributed by atoms with Crippen molar-refractivity contribution < 1.29 is 4.74 Å². The molecule has 0 aromatic heterocycles. The lowest BCUT2D eigenvalue weighted by molar-refractivity contribution is 0.482. The molecule has 2 rings (SSSR count). The van der Waals surface area contributed by atoms with Gasteiger partial charge in [0, 0.05) is 0 Å². The fourth-order valence-corrected chi connectivity index (χ4v) is 1.18. The number of hydrogen-bond donors (Lipinski definition) is 0. The zero-order valence-corrected chi connectivity index (χ0v) is 8.03. The van der Waals surface area contributed by atoms with Gasteiger partial charge >= 0.3 is 0 Å².